The second-order valence-electron chi connectivity index (χ2n) is 6.51. The van der Waals surface area contributed by atoms with Gasteiger partial charge in [-0.2, -0.15) is 0 Å². The van der Waals surface area contributed by atoms with Crippen molar-refractivity contribution in [3.63, 3.8) is 0 Å². The quantitative estimate of drug-likeness (QED) is 0.344. The highest BCUT2D eigenvalue weighted by atomic mass is 127. The molecule has 1 aliphatic rings. The second-order valence-corrected chi connectivity index (χ2v) is 6.51. The summed E-state index contributed by atoms with van der Waals surface area (Å²) in [7, 11) is 0. The molecule has 27 heavy (non-hydrogen) atoms. The molecule has 0 aliphatic carbocycles. The molecule has 0 aromatic carbocycles. The van der Waals surface area contributed by atoms with Crippen LogP contribution in [0.1, 0.15) is 46.1 Å². The molecule has 0 unspecified atom stereocenters. The van der Waals surface area contributed by atoms with E-state index in [0.717, 1.165) is 69.5 Å². The van der Waals surface area contributed by atoms with Gasteiger partial charge in [0.05, 0.1) is 12.6 Å². The summed E-state index contributed by atoms with van der Waals surface area (Å²) >= 11 is 0. The lowest BCUT2D eigenvalue weighted by Crippen LogP contribution is -2.47. The molecule has 1 fully saturated rings. The van der Waals surface area contributed by atoms with E-state index in [1.54, 1.807) is 0 Å². The van der Waals surface area contributed by atoms with E-state index in [9.17, 15) is 0 Å². The normalized spacial score (nSPS) is 15.4. The van der Waals surface area contributed by atoms with Gasteiger partial charge < -0.3 is 19.9 Å². The lowest BCUT2D eigenvalue weighted by Gasteiger charge is -2.34. The number of guanidine groups is 1. The second kappa shape index (κ2) is 13.1. The van der Waals surface area contributed by atoms with E-state index in [-0.39, 0.29) is 24.0 Å². The molecule has 1 saturated heterocycles. The largest absolute Gasteiger partial charge is 0.378 e. The van der Waals surface area contributed by atoms with Crippen LogP contribution in [0.3, 0.4) is 0 Å². The van der Waals surface area contributed by atoms with Crippen molar-refractivity contribution < 1.29 is 4.74 Å². The van der Waals surface area contributed by atoms with Gasteiger partial charge in [-0.1, -0.05) is 6.07 Å². The fourth-order valence-electron chi connectivity index (χ4n) is 3.31. The van der Waals surface area contributed by atoms with Gasteiger partial charge in [0.1, 0.15) is 5.82 Å². The van der Waals surface area contributed by atoms with Gasteiger partial charge >= 0.3 is 0 Å². The smallest absolute Gasteiger partial charge is 0.194 e. The number of pyridine rings is 1. The standard InChI is InChI=1S/C20H35N5O.HI/c1-5-21-20(25-13-11-18(12-14-25)26-8-4)23-16-17-9-10-19(22-15-17)24(6-2)7-3;/h9-10,15,18H,5-8,11-14,16H2,1-4H3,(H,21,23);1H. The zero-order valence-corrected chi connectivity index (χ0v) is 19.6. The molecule has 0 spiro atoms. The molecule has 1 aromatic heterocycles. The van der Waals surface area contributed by atoms with E-state index in [1.807, 2.05) is 6.20 Å². The summed E-state index contributed by atoms with van der Waals surface area (Å²) in [5.41, 5.74) is 1.14. The zero-order valence-electron chi connectivity index (χ0n) is 17.3. The molecule has 1 aliphatic heterocycles. The third kappa shape index (κ3) is 7.44. The maximum Gasteiger partial charge on any atom is 0.194 e. The van der Waals surface area contributed by atoms with Crippen molar-refractivity contribution in [1.29, 1.82) is 0 Å². The molecule has 0 saturated carbocycles. The van der Waals surface area contributed by atoms with Crippen LogP contribution in [-0.2, 0) is 11.3 Å². The monoisotopic (exact) mass is 489 g/mol. The summed E-state index contributed by atoms with van der Waals surface area (Å²) < 4.78 is 5.75. The molecule has 0 radical (unpaired) electrons. The molecule has 0 bridgehead atoms. The maximum atomic E-state index is 5.75. The molecule has 7 heteroatoms. The average molecular weight is 489 g/mol. The fraction of sp³-hybridized carbons (Fsp3) is 0.700. The highest BCUT2D eigenvalue weighted by molar-refractivity contribution is 14.0. The number of nitrogens with one attached hydrogen (secondary N) is 1. The van der Waals surface area contributed by atoms with Crippen molar-refractivity contribution in [2.45, 2.75) is 53.2 Å². The number of aromatic nitrogens is 1. The number of likely N-dealkylation sites (tertiary alicyclic amines) is 1. The van der Waals surface area contributed by atoms with E-state index in [1.165, 1.54) is 0 Å². The summed E-state index contributed by atoms with van der Waals surface area (Å²) in [6, 6.07) is 4.23. The molecule has 6 nitrogen and oxygen atoms in total. The number of piperidine rings is 1. The van der Waals surface area contributed by atoms with E-state index < -0.39 is 0 Å². The van der Waals surface area contributed by atoms with Crippen molar-refractivity contribution in [3.05, 3.63) is 23.9 Å². The number of aliphatic imine (C=N–C) groups is 1. The van der Waals surface area contributed by atoms with Gasteiger partial charge in [-0.05, 0) is 52.2 Å². The van der Waals surface area contributed by atoms with Crippen molar-refractivity contribution in [2.24, 2.45) is 4.99 Å². The number of hydrogen-bond acceptors (Lipinski definition) is 4. The number of hydrogen-bond donors (Lipinski definition) is 1. The van der Waals surface area contributed by atoms with Gasteiger partial charge in [0.2, 0.25) is 0 Å². The van der Waals surface area contributed by atoms with Gasteiger partial charge in [-0.15, -0.1) is 24.0 Å². The summed E-state index contributed by atoms with van der Waals surface area (Å²) in [5, 5.41) is 3.42. The Morgan fingerprint density at radius 3 is 2.44 bits per heavy atom. The molecular weight excluding hydrogens is 453 g/mol. The average Bonchev–Trinajstić information content (AvgIpc) is 2.68. The zero-order chi connectivity index (χ0) is 18.8. The SMILES string of the molecule is CCNC(=NCc1ccc(N(CC)CC)nc1)N1CCC(OCC)CC1.I. The first kappa shape index (κ1) is 23.9. The lowest BCUT2D eigenvalue weighted by molar-refractivity contribution is 0.0263. The van der Waals surface area contributed by atoms with Gasteiger partial charge in [0, 0.05) is 45.5 Å². The van der Waals surface area contributed by atoms with E-state index in [4.69, 9.17) is 9.73 Å². The van der Waals surface area contributed by atoms with Crippen LogP contribution in [-0.4, -0.2) is 61.3 Å². The number of halogens is 1. The van der Waals surface area contributed by atoms with Crippen LogP contribution in [0.4, 0.5) is 5.82 Å². The predicted molar refractivity (Wildman–Crippen MR) is 124 cm³/mol. The van der Waals surface area contributed by atoms with Crippen molar-refractivity contribution in [1.82, 2.24) is 15.2 Å². The number of nitrogens with zero attached hydrogens (tertiary/aromatic N) is 4. The third-order valence-corrected chi connectivity index (χ3v) is 4.79. The minimum absolute atomic E-state index is 0. The summed E-state index contributed by atoms with van der Waals surface area (Å²) in [5.74, 6) is 2.03. The van der Waals surface area contributed by atoms with Gasteiger partial charge in [-0.25, -0.2) is 9.98 Å². The van der Waals surface area contributed by atoms with Crippen LogP contribution in [0.25, 0.3) is 0 Å². The first-order valence-corrected chi connectivity index (χ1v) is 10.1. The van der Waals surface area contributed by atoms with Gasteiger partial charge in [-0.3, -0.25) is 0 Å². The van der Waals surface area contributed by atoms with Gasteiger partial charge in [0.25, 0.3) is 0 Å². The minimum atomic E-state index is 0. The lowest BCUT2D eigenvalue weighted by atomic mass is 10.1. The Morgan fingerprint density at radius 2 is 1.93 bits per heavy atom. The summed E-state index contributed by atoms with van der Waals surface area (Å²) in [6.45, 7) is 14.8. The van der Waals surface area contributed by atoms with Crippen LogP contribution in [0.15, 0.2) is 23.3 Å². The maximum absolute atomic E-state index is 5.75. The molecule has 1 aromatic rings. The van der Waals surface area contributed by atoms with Crippen LogP contribution in [0.5, 0.6) is 0 Å². The van der Waals surface area contributed by atoms with E-state index >= 15 is 0 Å². The first-order valence-electron chi connectivity index (χ1n) is 10.1. The van der Waals surface area contributed by atoms with E-state index in [0.29, 0.717) is 12.6 Å². The minimum Gasteiger partial charge on any atom is -0.378 e. The van der Waals surface area contributed by atoms with Crippen LogP contribution in [0, 0.1) is 0 Å². The predicted octanol–water partition coefficient (Wildman–Crippen LogP) is 3.51. The fourth-order valence-corrected chi connectivity index (χ4v) is 3.31. The van der Waals surface area contributed by atoms with Crippen molar-refractivity contribution >= 4 is 35.8 Å². The molecular formula is C20H36IN5O. The topological polar surface area (TPSA) is 53.0 Å². The Morgan fingerprint density at radius 1 is 1.22 bits per heavy atom. The Bertz CT molecular complexity index is 540. The molecule has 2 heterocycles. The third-order valence-electron chi connectivity index (χ3n) is 4.79. The molecule has 1 N–H and O–H groups in total. The number of ether oxygens (including phenoxy) is 1. The molecule has 2 rings (SSSR count). The Kier molecular flexibility index (Phi) is 11.7. The Balaban J connectivity index is 0.00000364. The molecule has 0 amide bonds. The number of anilines is 1. The highest BCUT2D eigenvalue weighted by Gasteiger charge is 2.21. The highest BCUT2D eigenvalue weighted by Crippen LogP contribution is 2.15. The van der Waals surface area contributed by atoms with Crippen molar-refractivity contribution in [3.8, 4) is 0 Å². The number of rotatable bonds is 8. The van der Waals surface area contributed by atoms with Gasteiger partial charge in [0.15, 0.2) is 5.96 Å². The van der Waals surface area contributed by atoms with Crippen molar-refractivity contribution in [2.75, 3.05) is 44.2 Å². The van der Waals surface area contributed by atoms with Crippen LogP contribution in [0.2, 0.25) is 0 Å². The molecule has 154 valence electrons. The molecule has 0 atom stereocenters. The Labute approximate surface area is 181 Å². The van der Waals surface area contributed by atoms with E-state index in [2.05, 4.69) is 59.9 Å². The van der Waals surface area contributed by atoms with Crippen LogP contribution < -0.4 is 10.2 Å². The summed E-state index contributed by atoms with van der Waals surface area (Å²) in [6.07, 6.45) is 4.48. The Hall–Kier alpha value is -1.09. The summed E-state index contributed by atoms with van der Waals surface area (Å²) in [4.78, 5) is 14.0. The first-order chi connectivity index (χ1) is 12.7. The van der Waals surface area contributed by atoms with Crippen LogP contribution >= 0.6 is 24.0 Å².